The molecule has 0 spiro atoms. The number of carbonyl (C=O) groups is 1. The van der Waals surface area contributed by atoms with Gasteiger partial charge in [0.25, 0.3) is 5.91 Å². The number of aromatic nitrogens is 1. The Morgan fingerprint density at radius 1 is 1.36 bits per heavy atom. The summed E-state index contributed by atoms with van der Waals surface area (Å²) in [7, 11) is 0. The molecule has 2 aromatic heterocycles. The van der Waals surface area contributed by atoms with Gasteiger partial charge in [0.1, 0.15) is 10.7 Å². The Kier molecular flexibility index (Phi) is 4.33. The molecule has 0 bridgehead atoms. The molecule has 3 rings (SSSR count). The summed E-state index contributed by atoms with van der Waals surface area (Å²) in [6, 6.07) is 7.88. The third-order valence-corrected chi connectivity index (χ3v) is 5.32. The Balaban J connectivity index is 1.89. The van der Waals surface area contributed by atoms with Crippen LogP contribution >= 0.6 is 34.7 Å². The number of halogens is 2. The monoisotopic (exact) mass is 352 g/mol. The molecule has 22 heavy (non-hydrogen) atoms. The minimum atomic E-state index is -0.353. The fourth-order valence-corrected chi connectivity index (χ4v) is 3.75. The summed E-state index contributed by atoms with van der Waals surface area (Å²) in [4.78, 5) is 16.9. The number of rotatable bonds is 3. The van der Waals surface area contributed by atoms with Crippen molar-refractivity contribution >= 4 is 56.4 Å². The number of amides is 1. The molecule has 0 unspecified atom stereocenters. The number of nitrogens with one attached hydrogen (secondary N) is 1. The van der Waals surface area contributed by atoms with Crippen LogP contribution in [0.1, 0.15) is 9.67 Å². The van der Waals surface area contributed by atoms with Gasteiger partial charge in [-0.25, -0.2) is 9.37 Å². The zero-order chi connectivity index (χ0) is 15.7. The van der Waals surface area contributed by atoms with E-state index in [9.17, 15) is 9.18 Å². The van der Waals surface area contributed by atoms with Crippen molar-refractivity contribution in [3.05, 3.63) is 52.2 Å². The SMILES string of the molecule is CSc1ccc(NC(=O)c2sc3cc(F)ccc3c2Cl)cn1. The van der Waals surface area contributed by atoms with Crippen molar-refractivity contribution < 1.29 is 9.18 Å². The first-order valence-corrected chi connectivity index (χ1v) is 8.69. The molecule has 1 N–H and O–H groups in total. The molecule has 2 heterocycles. The molecule has 0 radical (unpaired) electrons. The van der Waals surface area contributed by atoms with E-state index in [1.54, 1.807) is 18.3 Å². The van der Waals surface area contributed by atoms with Crippen molar-refractivity contribution in [3.63, 3.8) is 0 Å². The van der Waals surface area contributed by atoms with E-state index in [1.165, 1.54) is 23.9 Å². The highest BCUT2D eigenvalue weighted by atomic mass is 35.5. The highest BCUT2D eigenvalue weighted by molar-refractivity contribution is 7.98. The molecule has 112 valence electrons. The number of carbonyl (C=O) groups excluding carboxylic acids is 1. The average Bonchev–Trinajstić information content (AvgIpc) is 2.84. The summed E-state index contributed by atoms with van der Waals surface area (Å²) in [6.07, 6.45) is 3.52. The lowest BCUT2D eigenvalue weighted by Crippen LogP contribution is -2.10. The van der Waals surface area contributed by atoms with Crippen LogP contribution in [-0.4, -0.2) is 17.1 Å². The van der Waals surface area contributed by atoms with E-state index in [-0.39, 0.29) is 11.7 Å². The second kappa shape index (κ2) is 6.24. The topological polar surface area (TPSA) is 42.0 Å². The maximum atomic E-state index is 13.2. The number of hydrogen-bond donors (Lipinski definition) is 1. The van der Waals surface area contributed by atoms with E-state index in [4.69, 9.17) is 11.6 Å². The van der Waals surface area contributed by atoms with Crippen LogP contribution in [0.25, 0.3) is 10.1 Å². The molecule has 0 saturated heterocycles. The van der Waals surface area contributed by atoms with Gasteiger partial charge >= 0.3 is 0 Å². The Labute approximate surface area is 139 Å². The summed E-state index contributed by atoms with van der Waals surface area (Å²) in [5.41, 5.74) is 0.586. The van der Waals surface area contributed by atoms with Gasteiger partial charge in [-0.1, -0.05) is 11.6 Å². The van der Waals surface area contributed by atoms with Gasteiger partial charge in [-0.05, 0) is 36.6 Å². The number of benzene rings is 1. The minimum absolute atomic E-state index is 0.328. The van der Waals surface area contributed by atoms with Gasteiger partial charge in [0, 0.05) is 10.1 Å². The van der Waals surface area contributed by atoms with Crippen molar-refractivity contribution in [2.45, 2.75) is 5.03 Å². The van der Waals surface area contributed by atoms with Crippen LogP contribution in [-0.2, 0) is 0 Å². The first-order chi connectivity index (χ1) is 10.6. The fourth-order valence-electron chi connectivity index (χ4n) is 1.95. The predicted octanol–water partition coefficient (Wildman–Crippen LogP) is 5.06. The molecule has 1 aromatic carbocycles. The van der Waals surface area contributed by atoms with Crippen LogP contribution in [0.5, 0.6) is 0 Å². The lowest BCUT2D eigenvalue weighted by molar-refractivity contribution is 0.103. The van der Waals surface area contributed by atoms with Crippen molar-refractivity contribution in [3.8, 4) is 0 Å². The molecule has 0 aliphatic heterocycles. The summed E-state index contributed by atoms with van der Waals surface area (Å²) in [5, 5.41) is 4.63. The molecule has 3 aromatic rings. The lowest BCUT2D eigenvalue weighted by atomic mass is 10.2. The number of anilines is 1. The molecule has 1 amide bonds. The largest absolute Gasteiger partial charge is 0.320 e. The van der Waals surface area contributed by atoms with E-state index < -0.39 is 0 Å². The molecule has 0 saturated carbocycles. The number of fused-ring (bicyclic) bond motifs is 1. The fraction of sp³-hybridized carbons (Fsp3) is 0.0667. The minimum Gasteiger partial charge on any atom is -0.320 e. The molecular formula is C15H10ClFN2OS2. The highest BCUT2D eigenvalue weighted by Gasteiger charge is 2.17. The molecule has 0 aliphatic carbocycles. The summed E-state index contributed by atoms with van der Waals surface area (Å²) in [5.74, 6) is -0.681. The van der Waals surface area contributed by atoms with Crippen LogP contribution in [0.2, 0.25) is 5.02 Å². The van der Waals surface area contributed by atoms with Gasteiger partial charge in [0.15, 0.2) is 0 Å². The van der Waals surface area contributed by atoms with E-state index in [1.807, 2.05) is 12.3 Å². The molecule has 7 heteroatoms. The Morgan fingerprint density at radius 3 is 2.86 bits per heavy atom. The maximum Gasteiger partial charge on any atom is 0.267 e. The maximum absolute atomic E-state index is 13.2. The zero-order valence-electron chi connectivity index (χ0n) is 11.4. The molecular weight excluding hydrogens is 343 g/mol. The normalized spacial score (nSPS) is 10.9. The van der Waals surface area contributed by atoms with E-state index in [2.05, 4.69) is 10.3 Å². The van der Waals surface area contributed by atoms with Crippen molar-refractivity contribution in [2.24, 2.45) is 0 Å². The smallest absolute Gasteiger partial charge is 0.267 e. The molecule has 0 atom stereocenters. The van der Waals surface area contributed by atoms with Gasteiger partial charge in [-0.2, -0.15) is 0 Å². The summed E-state index contributed by atoms with van der Waals surface area (Å²) < 4.78 is 13.9. The number of thioether (sulfide) groups is 1. The third-order valence-electron chi connectivity index (χ3n) is 3.00. The standard InChI is InChI=1S/C15H10ClFN2OS2/c1-21-12-5-3-9(7-18-12)19-15(20)14-13(16)10-4-2-8(17)6-11(10)22-14/h2-7H,1H3,(H,19,20). The van der Waals surface area contributed by atoms with Crippen LogP contribution in [0.4, 0.5) is 10.1 Å². The van der Waals surface area contributed by atoms with E-state index in [0.717, 1.165) is 16.4 Å². The lowest BCUT2D eigenvalue weighted by Gasteiger charge is -2.04. The predicted molar refractivity (Wildman–Crippen MR) is 90.8 cm³/mol. The van der Waals surface area contributed by atoms with Crippen LogP contribution in [0.3, 0.4) is 0 Å². The first kappa shape index (κ1) is 15.3. The van der Waals surface area contributed by atoms with Crippen molar-refractivity contribution in [1.82, 2.24) is 4.98 Å². The van der Waals surface area contributed by atoms with Gasteiger partial charge in [-0.15, -0.1) is 23.1 Å². The molecule has 0 aliphatic rings. The van der Waals surface area contributed by atoms with Crippen LogP contribution in [0.15, 0.2) is 41.6 Å². The Bertz CT molecular complexity index is 849. The van der Waals surface area contributed by atoms with Crippen LogP contribution < -0.4 is 5.32 Å². The molecule has 3 nitrogen and oxygen atoms in total. The van der Waals surface area contributed by atoms with Crippen LogP contribution in [0, 0.1) is 5.82 Å². The summed E-state index contributed by atoms with van der Waals surface area (Å²) >= 11 is 8.91. The third kappa shape index (κ3) is 2.95. The number of thiophene rings is 1. The van der Waals surface area contributed by atoms with E-state index >= 15 is 0 Å². The second-order valence-corrected chi connectivity index (χ2v) is 6.69. The average molecular weight is 353 g/mol. The van der Waals surface area contributed by atoms with Gasteiger partial charge in [0.05, 0.1) is 21.9 Å². The summed E-state index contributed by atoms with van der Waals surface area (Å²) in [6.45, 7) is 0. The first-order valence-electron chi connectivity index (χ1n) is 6.27. The Hall–Kier alpha value is -1.63. The quantitative estimate of drug-likeness (QED) is 0.670. The number of nitrogens with zero attached hydrogens (tertiary/aromatic N) is 1. The number of hydrogen-bond acceptors (Lipinski definition) is 4. The Morgan fingerprint density at radius 2 is 2.18 bits per heavy atom. The second-order valence-electron chi connectivity index (χ2n) is 4.43. The van der Waals surface area contributed by atoms with Gasteiger partial charge in [-0.3, -0.25) is 4.79 Å². The van der Waals surface area contributed by atoms with Crippen molar-refractivity contribution in [1.29, 1.82) is 0 Å². The zero-order valence-corrected chi connectivity index (χ0v) is 13.8. The number of pyridine rings is 1. The van der Waals surface area contributed by atoms with Crippen molar-refractivity contribution in [2.75, 3.05) is 11.6 Å². The van der Waals surface area contributed by atoms with Gasteiger partial charge < -0.3 is 5.32 Å². The van der Waals surface area contributed by atoms with Gasteiger partial charge in [0.2, 0.25) is 0 Å². The molecule has 0 fully saturated rings. The van der Waals surface area contributed by atoms with E-state index in [0.29, 0.717) is 25.7 Å². The highest BCUT2D eigenvalue weighted by Crippen LogP contribution is 2.36.